The smallest absolute Gasteiger partial charge is 0.314 e. The van der Waals surface area contributed by atoms with Crippen LogP contribution in [0.15, 0.2) is 18.2 Å². The van der Waals surface area contributed by atoms with Crippen LogP contribution in [0.2, 0.25) is 5.02 Å². The van der Waals surface area contributed by atoms with Gasteiger partial charge in [-0.3, -0.25) is 4.90 Å². The van der Waals surface area contributed by atoms with Crippen LogP contribution in [0.3, 0.4) is 0 Å². The van der Waals surface area contributed by atoms with E-state index in [1.54, 1.807) is 4.90 Å². The van der Waals surface area contributed by atoms with Gasteiger partial charge in [0.05, 0.1) is 5.56 Å². The van der Waals surface area contributed by atoms with E-state index in [-0.39, 0.29) is 17.0 Å². The number of alkyl halides is 6. The van der Waals surface area contributed by atoms with Gasteiger partial charge in [-0.15, -0.1) is 0 Å². The summed E-state index contributed by atoms with van der Waals surface area (Å²) >= 11 is 5.78. The maximum Gasteiger partial charge on any atom is 0.416 e. The van der Waals surface area contributed by atoms with Gasteiger partial charge in [0.2, 0.25) is 0 Å². The minimum Gasteiger partial charge on any atom is -0.314 e. The molecule has 2 rings (SSSR count). The van der Waals surface area contributed by atoms with Crippen LogP contribution in [0.4, 0.5) is 26.3 Å². The largest absolute Gasteiger partial charge is 0.416 e. The number of benzene rings is 1. The highest BCUT2D eigenvalue weighted by Crippen LogP contribution is 2.37. The fraction of sp³-hybridized carbons (Fsp3) is 0.600. The summed E-state index contributed by atoms with van der Waals surface area (Å²) in [4.78, 5) is 1.77. The van der Waals surface area contributed by atoms with Crippen LogP contribution >= 0.6 is 11.6 Å². The number of nitrogens with zero attached hydrogens (tertiary/aromatic N) is 1. The Labute approximate surface area is 140 Å². The standard InChI is InChI=1S/C15H17ClF6N2/c16-12-8-10(7-11(9-12)15(20,21)22)13(1-2-14(17,18)19)24-5-3-23-4-6-24/h7-9,13,23H,1-6H2/t13-/m1/s1. The zero-order valence-corrected chi connectivity index (χ0v) is 13.4. The number of hydrogen-bond acceptors (Lipinski definition) is 2. The first-order chi connectivity index (χ1) is 11.1. The van der Waals surface area contributed by atoms with Crippen LogP contribution in [0.1, 0.15) is 30.0 Å². The average Bonchev–Trinajstić information content (AvgIpc) is 2.46. The minimum absolute atomic E-state index is 0.132. The van der Waals surface area contributed by atoms with Gasteiger partial charge in [0, 0.05) is 43.7 Å². The Bertz CT molecular complexity index is 552. The summed E-state index contributed by atoms with van der Waals surface area (Å²) in [6.07, 6.45) is -10.3. The Morgan fingerprint density at radius 2 is 1.67 bits per heavy atom. The fourth-order valence-corrected chi connectivity index (χ4v) is 3.07. The van der Waals surface area contributed by atoms with Crippen molar-refractivity contribution in [3.8, 4) is 0 Å². The average molecular weight is 375 g/mol. The SMILES string of the molecule is FC(F)(F)CC[C@H](c1cc(Cl)cc(C(F)(F)F)c1)N1CCNCC1. The van der Waals surface area contributed by atoms with E-state index >= 15 is 0 Å². The molecule has 2 nitrogen and oxygen atoms in total. The van der Waals surface area contributed by atoms with E-state index in [1.807, 2.05) is 0 Å². The van der Waals surface area contributed by atoms with E-state index < -0.39 is 30.4 Å². The monoisotopic (exact) mass is 374 g/mol. The summed E-state index contributed by atoms with van der Waals surface area (Å²) in [5, 5.41) is 2.94. The number of halogens is 7. The minimum atomic E-state index is -4.60. The molecule has 0 amide bonds. The summed E-state index contributed by atoms with van der Waals surface area (Å²) in [5.41, 5.74) is -0.780. The summed E-state index contributed by atoms with van der Waals surface area (Å²) in [6, 6.07) is 2.24. The predicted octanol–water partition coefficient (Wildman–Crippen LogP) is 4.65. The number of rotatable bonds is 4. The molecule has 1 aromatic rings. The van der Waals surface area contributed by atoms with Gasteiger partial charge < -0.3 is 5.32 Å². The quantitative estimate of drug-likeness (QED) is 0.772. The molecule has 1 fully saturated rings. The van der Waals surface area contributed by atoms with Crippen molar-refractivity contribution in [2.75, 3.05) is 26.2 Å². The molecular weight excluding hydrogens is 358 g/mol. The summed E-state index contributed by atoms with van der Waals surface area (Å²) in [7, 11) is 0. The highest BCUT2D eigenvalue weighted by Gasteiger charge is 2.34. The Balaban J connectivity index is 2.33. The molecule has 1 atom stereocenters. The third kappa shape index (κ3) is 5.53. The van der Waals surface area contributed by atoms with Gasteiger partial charge in [0.15, 0.2) is 0 Å². The highest BCUT2D eigenvalue weighted by atomic mass is 35.5. The third-order valence-electron chi connectivity index (χ3n) is 3.93. The van der Waals surface area contributed by atoms with Crippen molar-refractivity contribution in [1.82, 2.24) is 10.2 Å². The van der Waals surface area contributed by atoms with Crippen molar-refractivity contribution < 1.29 is 26.3 Å². The lowest BCUT2D eigenvalue weighted by Gasteiger charge is -2.35. The van der Waals surface area contributed by atoms with Crippen LogP contribution in [0.25, 0.3) is 0 Å². The molecule has 136 valence electrons. The van der Waals surface area contributed by atoms with E-state index in [2.05, 4.69) is 5.32 Å². The first kappa shape index (κ1) is 19.3. The molecule has 0 unspecified atom stereocenters. The van der Waals surface area contributed by atoms with Crippen molar-refractivity contribution in [3.63, 3.8) is 0 Å². The molecule has 1 saturated heterocycles. The van der Waals surface area contributed by atoms with E-state index in [1.165, 1.54) is 6.07 Å². The van der Waals surface area contributed by atoms with Gasteiger partial charge in [0.1, 0.15) is 0 Å². The molecule has 0 aliphatic carbocycles. The van der Waals surface area contributed by atoms with Crippen molar-refractivity contribution >= 4 is 11.6 Å². The topological polar surface area (TPSA) is 15.3 Å². The lowest BCUT2D eigenvalue weighted by molar-refractivity contribution is -0.140. The fourth-order valence-electron chi connectivity index (χ4n) is 2.82. The lowest BCUT2D eigenvalue weighted by atomic mass is 9.97. The van der Waals surface area contributed by atoms with Crippen LogP contribution < -0.4 is 5.32 Å². The third-order valence-corrected chi connectivity index (χ3v) is 4.14. The zero-order chi connectivity index (χ0) is 18.0. The van der Waals surface area contributed by atoms with Gasteiger partial charge in [-0.25, -0.2) is 0 Å². The summed E-state index contributed by atoms with van der Waals surface area (Å²) in [6.45, 7) is 2.09. The van der Waals surface area contributed by atoms with Gasteiger partial charge in [-0.05, 0) is 30.2 Å². The molecule has 1 heterocycles. The molecule has 0 spiro atoms. The Morgan fingerprint density at radius 1 is 1.04 bits per heavy atom. The molecule has 0 saturated carbocycles. The van der Waals surface area contributed by atoms with Crippen molar-refractivity contribution in [1.29, 1.82) is 0 Å². The van der Waals surface area contributed by atoms with Crippen molar-refractivity contribution in [2.45, 2.75) is 31.2 Å². The molecule has 0 aromatic heterocycles. The summed E-state index contributed by atoms with van der Waals surface area (Å²) < 4.78 is 76.7. The van der Waals surface area contributed by atoms with Gasteiger partial charge in [-0.2, -0.15) is 26.3 Å². The van der Waals surface area contributed by atoms with Gasteiger partial charge >= 0.3 is 12.4 Å². The first-order valence-electron chi connectivity index (χ1n) is 7.45. The Morgan fingerprint density at radius 3 is 2.21 bits per heavy atom. The molecule has 1 aliphatic rings. The molecular formula is C15H17ClF6N2. The van der Waals surface area contributed by atoms with E-state index in [0.717, 1.165) is 12.1 Å². The van der Waals surface area contributed by atoms with Crippen LogP contribution in [0, 0.1) is 0 Å². The van der Waals surface area contributed by atoms with Crippen LogP contribution in [0.5, 0.6) is 0 Å². The highest BCUT2D eigenvalue weighted by molar-refractivity contribution is 6.30. The Hall–Kier alpha value is -0.990. The second-order valence-corrected chi connectivity index (χ2v) is 6.16. The van der Waals surface area contributed by atoms with Gasteiger partial charge in [-0.1, -0.05) is 11.6 Å². The lowest BCUT2D eigenvalue weighted by Crippen LogP contribution is -2.45. The first-order valence-corrected chi connectivity index (χ1v) is 7.83. The van der Waals surface area contributed by atoms with Gasteiger partial charge in [0.25, 0.3) is 0 Å². The normalized spacial score (nSPS) is 18.6. The molecule has 1 aromatic carbocycles. The molecule has 1 aliphatic heterocycles. The summed E-state index contributed by atoms with van der Waals surface area (Å²) in [5.74, 6) is 0. The van der Waals surface area contributed by atoms with Crippen molar-refractivity contribution in [2.24, 2.45) is 0 Å². The second kappa shape index (κ2) is 7.49. The van der Waals surface area contributed by atoms with Crippen molar-refractivity contribution in [3.05, 3.63) is 34.3 Å². The number of nitrogens with one attached hydrogen (secondary N) is 1. The predicted molar refractivity (Wildman–Crippen MR) is 78.9 cm³/mol. The van der Waals surface area contributed by atoms with E-state index in [0.29, 0.717) is 26.2 Å². The second-order valence-electron chi connectivity index (χ2n) is 5.73. The number of piperazine rings is 1. The van der Waals surface area contributed by atoms with E-state index in [9.17, 15) is 26.3 Å². The van der Waals surface area contributed by atoms with Crippen LogP contribution in [-0.4, -0.2) is 37.3 Å². The molecule has 1 N–H and O–H groups in total. The number of hydrogen-bond donors (Lipinski definition) is 1. The maximum atomic E-state index is 13.0. The van der Waals surface area contributed by atoms with E-state index in [4.69, 9.17) is 11.6 Å². The molecule has 0 radical (unpaired) electrons. The molecule has 24 heavy (non-hydrogen) atoms. The molecule has 9 heteroatoms. The Kier molecular flexibility index (Phi) is 6.04. The molecule has 0 bridgehead atoms. The van der Waals surface area contributed by atoms with Crippen LogP contribution in [-0.2, 0) is 6.18 Å². The maximum absolute atomic E-state index is 13.0. The zero-order valence-electron chi connectivity index (χ0n) is 12.6.